The molecule has 1 aromatic heterocycles. The van der Waals surface area contributed by atoms with Gasteiger partial charge in [0, 0.05) is 5.02 Å². The molecule has 4 heteroatoms. The van der Waals surface area contributed by atoms with E-state index in [1.165, 1.54) is 6.07 Å². The van der Waals surface area contributed by atoms with Crippen LogP contribution in [0.4, 0.5) is 10.2 Å². The van der Waals surface area contributed by atoms with Gasteiger partial charge in [-0.05, 0) is 36.2 Å². The van der Waals surface area contributed by atoms with E-state index in [9.17, 15) is 4.39 Å². The molecule has 0 fully saturated rings. The highest BCUT2D eigenvalue weighted by Gasteiger charge is 2.11. The van der Waals surface area contributed by atoms with Crippen LogP contribution in [-0.2, 0) is 0 Å². The summed E-state index contributed by atoms with van der Waals surface area (Å²) in [7, 11) is 0. The highest BCUT2D eigenvalue weighted by Crippen LogP contribution is 2.24. The van der Waals surface area contributed by atoms with E-state index in [0.29, 0.717) is 10.8 Å². The van der Waals surface area contributed by atoms with E-state index in [0.717, 1.165) is 18.4 Å². The van der Waals surface area contributed by atoms with Crippen molar-refractivity contribution < 1.29 is 4.39 Å². The van der Waals surface area contributed by atoms with Gasteiger partial charge in [0.2, 0.25) is 5.95 Å². The lowest BCUT2D eigenvalue weighted by molar-refractivity contribution is 0.582. The predicted molar refractivity (Wildman–Crippen MR) is 76.9 cm³/mol. The lowest BCUT2D eigenvalue weighted by Crippen LogP contribution is -2.11. The second-order valence-electron chi connectivity index (χ2n) is 4.38. The van der Waals surface area contributed by atoms with Crippen molar-refractivity contribution in [2.24, 2.45) is 0 Å². The number of rotatable bonds is 5. The van der Waals surface area contributed by atoms with Gasteiger partial charge in [-0.3, -0.25) is 0 Å². The summed E-state index contributed by atoms with van der Waals surface area (Å²) in [5, 5.41) is 3.97. The van der Waals surface area contributed by atoms with E-state index >= 15 is 0 Å². The molecule has 19 heavy (non-hydrogen) atoms. The summed E-state index contributed by atoms with van der Waals surface area (Å²) in [5.41, 5.74) is 1.12. The van der Waals surface area contributed by atoms with Gasteiger partial charge in [0.1, 0.15) is 5.82 Å². The first-order valence-corrected chi connectivity index (χ1v) is 6.71. The van der Waals surface area contributed by atoms with E-state index in [4.69, 9.17) is 11.6 Å². The number of pyridine rings is 1. The average Bonchev–Trinajstić information content (AvgIpc) is 2.39. The fraction of sp³-hybridized carbons (Fsp3) is 0.267. The normalized spacial score (nSPS) is 12.2. The van der Waals surface area contributed by atoms with E-state index in [2.05, 4.69) is 17.2 Å². The molecule has 0 spiro atoms. The first-order chi connectivity index (χ1) is 9.19. The lowest BCUT2D eigenvalue weighted by atomic mass is 10.0. The molecule has 0 saturated heterocycles. The predicted octanol–water partition coefficient (Wildman–Crippen LogP) is 4.83. The summed E-state index contributed by atoms with van der Waals surface area (Å²) < 4.78 is 13.1. The maximum Gasteiger partial charge on any atom is 0.214 e. The van der Waals surface area contributed by atoms with Crippen LogP contribution in [-0.4, -0.2) is 4.98 Å². The van der Waals surface area contributed by atoms with Crippen LogP contribution in [0.25, 0.3) is 0 Å². The van der Waals surface area contributed by atoms with E-state index in [-0.39, 0.29) is 6.04 Å². The van der Waals surface area contributed by atoms with Crippen molar-refractivity contribution in [2.45, 2.75) is 25.8 Å². The number of aromatic nitrogens is 1. The third-order valence-corrected chi connectivity index (χ3v) is 3.14. The fourth-order valence-electron chi connectivity index (χ4n) is 1.97. The summed E-state index contributed by atoms with van der Waals surface area (Å²) in [4.78, 5) is 3.83. The summed E-state index contributed by atoms with van der Waals surface area (Å²) in [6, 6.07) is 12.5. The molecule has 0 saturated carbocycles. The first kappa shape index (κ1) is 13.8. The van der Waals surface area contributed by atoms with Crippen LogP contribution in [0, 0.1) is 5.95 Å². The molecule has 1 atom stereocenters. The molecular formula is C15H16ClFN2. The minimum atomic E-state index is -0.476. The zero-order valence-electron chi connectivity index (χ0n) is 10.7. The van der Waals surface area contributed by atoms with Crippen molar-refractivity contribution in [2.75, 3.05) is 5.32 Å². The van der Waals surface area contributed by atoms with Crippen LogP contribution in [0.3, 0.4) is 0 Å². The van der Waals surface area contributed by atoms with Crippen LogP contribution in [0.1, 0.15) is 31.4 Å². The fourth-order valence-corrected chi connectivity index (χ4v) is 2.10. The molecule has 0 bridgehead atoms. The van der Waals surface area contributed by atoms with Gasteiger partial charge in [0.05, 0.1) is 6.04 Å². The van der Waals surface area contributed by atoms with Crippen molar-refractivity contribution in [3.05, 3.63) is 59.0 Å². The zero-order valence-corrected chi connectivity index (χ0v) is 11.5. The van der Waals surface area contributed by atoms with Crippen molar-refractivity contribution in [3.63, 3.8) is 0 Å². The largest absolute Gasteiger partial charge is 0.363 e. The molecule has 100 valence electrons. The Hall–Kier alpha value is -1.61. The van der Waals surface area contributed by atoms with Crippen LogP contribution in [0.2, 0.25) is 5.02 Å². The van der Waals surface area contributed by atoms with Gasteiger partial charge in [-0.15, -0.1) is 0 Å². The lowest BCUT2D eigenvalue weighted by Gasteiger charge is -2.19. The Kier molecular flexibility index (Phi) is 4.74. The summed E-state index contributed by atoms with van der Waals surface area (Å²) in [6.07, 6.45) is 1.97. The summed E-state index contributed by atoms with van der Waals surface area (Å²) in [6.45, 7) is 2.11. The van der Waals surface area contributed by atoms with Crippen LogP contribution < -0.4 is 5.32 Å². The maximum absolute atomic E-state index is 13.1. The number of hydrogen-bond donors (Lipinski definition) is 1. The van der Waals surface area contributed by atoms with E-state index in [1.54, 1.807) is 12.1 Å². The molecule has 0 aliphatic rings. The SMILES string of the molecule is CCCC(Nc1cccc(F)n1)c1ccc(Cl)cc1. The van der Waals surface area contributed by atoms with Gasteiger partial charge in [0.25, 0.3) is 0 Å². The molecule has 2 aromatic rings. The van der Waals surface area contributed by atoms with Gasteiger partial charge in [-0.2, -0.15) is 4.39 Å². The molecule has 0 radical (unpaired) electrons. The van der Waals surface area contributed by atoms with Gasteiger partial charge in [-0.1, -0.05) is 43.1 Å². The van der Waals surface area contributed by atoms with Gasteiger partial charge in [-0.25, -0.2) is 4.98 Å². The molecule has 0 amide bonds. The van der Waals surface area contributed by atoms with Crippen molar-refractivity contribution in [3.8, 4) is 0 Å². The van der Waals surface area contributed by atoms with Crippen molar-refractivity contribution in [1.82, 2.24) is 4.98 Å². The van der Waals surface area contributed by atoms with Gasteiger partial charge in [0.15, 0.2) is 0 Å². The molecular weight excluding hydrogens is 263 g/mol. The Bertz CT molecular complexity index is 528. The Labute approximate surface area is 117 Å². The van der Waals surface area contributed by atoms with E-state index < -0.39 is 5.95 Å². The summed E-state index contributed by atoms with van der Waals surface area (Å²) >= 11 is 5.89. The molecule has 2 rings (SSSR count). The second-order valence-corrected chi connectivity index (χ2v) is 4.82. The zero-order chi connectivity index (χ0) is 13.7. The number of anilines is 1. The Balaban J connectivity index is 2.18. The highest BCUT2D eigenvalue weighted by molar-refractivity contribution is 6.30. The number of halogens is 2. The molecule has 1 unspecified atom stereocenters. The minimum absolute atomic E-state index is 0.108. The molecule has 1 heterocycles. The van der Waals surface area contributed by atoms with Crippen LogP contribution in [0.5, 0.6) is 0 Å². The number of nitrogens with zero attached hydrogens (tertiary/aromatic N) is 1. The van der Waals surface area contributed by atoms with Crippen LogP contribution in [0.15, 0.2) is 42.5 Å². The van der Waals surface area contributed by atoms with Gasteiger partial charge < -0.3 is 5.32 Å². The third-order valence-electron chi connectivity index (χ3n) is 2.89. The molecule has 0 aliphatic carbocycles. The van der Waals surface area contributed by atoms with Gasteiger partial charge >= 0.3 is 0 Å². The number of hydrogen-bond acceptors (Lipinski definition) is 2. The van der Waals surface area contributed by atoms with Crippen LogP contribution >= 0.6 is 11.6 Å². The number of nitrogens with one attached hydrogen (secondary N) is 1. The Morgan fingerprint density at radius 1 is 1.21 bits per heavy atom. The molecule has 2 nitrogen and oxygen atoms in total. The maximum atomic E-state index is 13.1. The minimum Gasteiger partial charge on any atom is -0.363 e. The van der Waals surface area contributed by atoms with Crippen molar-refractivity contribution in [1.29, 1.82) is 0 Å². The monoisotopic (exact) mass is 278 g/mol. The average molecular weight is 279 g/mol. The summed E-state index contributed by atoms with van der Waals surface area (Å²) in [5.74, 6) is 0.0738. The molecule has 1 N–H and O–H groups in total. The topological polar surface area (TPSA) is 24.9 Å². The smallest absolute Gasteiger partial charge is 0.214 e. The molecule has 0 aliphatic heterocycles. The quantitative estimate of drug-likeness (QED) is 0.793. The third kappa shape index (κ3) is 3.93. The highest BCUT2D eigenvalue weighted by atomic mass is 35.5. The molecule has 1 aromatic carbocycles. The first-order valence-electron chi connectivity index (χ1n) is 6.33. The Morgan fingerprint density at radius 3 is 2.58 bits per heavy atom. The standard InChI is InChI=1S/C15H16ClFN2/c1-2-4-13(11-7-9-12(16)10-8-11)18-15-6-3-5-14(17)19-15/h3,5-10,13H,2,4H2,1H3,(H,18,19). The second kappa shape index (κ2) is 6.53. The Morgan fingerprint density at radius 2 is 1.95 bits per heavy atom. The van der Waals surface area contributed by atoms with E-state index in [1.807, 2.05) is 24.3 Å². The van der Waals surface area contributed by atoms with Crippen molar-refractivity contribution >= 4 is 17.4 Å². The number of benzene rings is 1.